The molecule has 94 valence electrons. The molecule has 0 aromatic heterocycles. The fourth-order valence-corrected chi connectivity index (χ4v) is 2.50. The van der Waals surface area contributed by atoms with Crippen LogP contribution in [0, 0.1) is 17.8 Å². The fourth-order valence-electron chi connectivity index (χ4n) is 2.50. The summed E-state index contributed by atoms with van der Waals surface area (Å²) in [5, 5.41) is 9.17. The van der Waals surface area contributed by atoms with Crippen molar-refractivity contribution in [2.45, 2.75) is 59.2 Å². The summed E-state index contributed by atoms with van der Waals surface area (Å²) in [6.45, 7) is 7.99. The predicted octanol–water partition coefficient (Wildman–Crippen LogP) is 2.37. The minimum absolute atomic E-state index is 0.00847. The SMILES string of the molecule is CC(C)C1CC[C@H](C)C[C@@H]1OC(=O)[C@H](C)O. The van der Waals surface area contributed by atoms with Crippen molar-refractivity contribution >= 4 is 5.97 Å². The largest absolute Gasteiger partial charge is 0.460 e. The topological polar surface area (TPSA) is 46.5 Å². The minimum atomic E-state index is -1.01. The van der Waals surface area contributed by atoms with Crippen molar-refractivity contribution in [3.05, 3.63) is 0 Å². The van der Waals surface area contributed by atoms with Crippen molar-refractivity contribution in [1.29, 1.82) is 0 Å². The summed E-state index contributed by atoms with van der Waals surface area (Å²) in [7, 11) is 0. The number of ether oxygens (including phenoxy) is 1. The molecule has 1 saturated carbocycles. The van der Waals surface area contributed by atoms with E-state index in [-0.39, 0.29) is 6.10 Å². The van der Waals surface area contributed by atoms with Gasteiger partial charge in [-0.15, -0.1) is 0 Å². The van der Waals surface area contributed by atoms with E-state index in [1.54, 1.807) is 0 Å². The number of rotatable bonds is 3. The van der Waals surface area contributed by atoms with Gasteiger partial charge in [0.25, 0.3) is 0 Å². The summed E-state index contributed by atoms with van der Waals surface area (Å²) in [4.78, 5) is 11.4. The number of aliphatic hydroxyl groups excluding tert-OH is 1. The van der Waals surface area contributed by atoms with Crippen LogP contribution in [0.2, 0.25) is 0 Å². The van der Waals surface area contributed by atoms with Gasteiger partial charge in [-0.25, -0.2) is 4.79 Å². The van der Waals surface area contributed by atoms with E-state index in [9.17, 15) is 4.79 Å². The molecule has 0 heterocycles. The third-order valence-corrected chi connectivity index (χ3v) is 3.57. The van der Waals surface area contributed by atoms with E-state index in [0.29, 0.717) is 17.8 Å². The Kier molecular flexibility index (Phi) is 4.78. The van der Waals surface area contributed by atoms with E-state index in [1.807, 2.05) is 0 Å². The Labute approximate surface area is 98.2 Å². The molecule has 1 aliphatic carbocycles. The molecule has 0 radical (unpaired) electrons. The lowest BCUT2D eigenvalue weighted by molar-refractivity contribution is -0.164. The number of hydrogen-bond donors (Lipinski definition) is 1. The maximum absolute atomic E-state index is 11.4. The van der Waals surface area contributed by atoms with Gasteiger partial charge in [-0.05, 0) is 37.5 Å². The summed E-state index contributed by atoms with van der Waals surface area (Å²) in [6.07, 6.45) is 2.25. The maximum atomic E-state index is 11.4. The lowest BCUT2D eigenvalue weighted by Crippen LogP contribution is -2.37. The Balaban J connectivity index is 2.61. The first kappa shape index (κ1) is 13.5. The molecule has 16 heavy (non-hydrogen) atoms. The average Bonchev–Trinajstić information content (AvgIpc) is 2.16. The van der Waals surface area contributed by atoms with E-state index in [2.05, 4.69) is 20.8 Å². The second-order valence-electron chi connectivity index (χ2n) is 5.48. The molecular formula is C13H24O3. The predicted molar refractivity (Wildman–Crippen MR) is 62.9 cm³/mol. The lowest BCUT2D eigenvalue weighted by atomic mass is 9.75. The van der Waals surface area contributed by atoms with Crippen LogP contribution in [0.1, 0.15) is 47.0 Å². The highest BCUT2D eigenvalue weighted by atomic mass is 16.6. The van der Waals surface area contributed by atoms with Crippen LogP contribution < -0.4 is 0 Å². The molecule has 0 aliphatic heterocycles. The average molecular weight is 228 g/mol. The van der Waals surface area contributed by atoms with Crippen molar-refractivity contribution in [3.63, 3.8) is 0 Å². The van der Waals surface area contributed by atoms with Crippen molar-refractivity contribution < 1.29 is 14.6 Å². The van der Waals surface area contributed by atoms with E-state index in [1.165, 1.54) is 13.3 Å². The van der Waals surface area contributed by atoms with E-state index in [4.69, 9.17) is 9.84 Å². The molecule has 0 spiro atoms. The molecule has 0 saturated heterocycles. The van der Waals surface area contributed by atoms with Gasteiger partial charge < -0.3 is 9.84 Å². The summed E-state index contributed by atoms with van der Waals surface area (Å²) in [5.74, 6) is 1.10. The van der Waals surface area contributed by atoms with Crippen molar-refractivity contribution in [3.8, 4) is 0 Å². The summed E-state index contributed by atoms with van der Waals surface area (Å²) in [6, 6.07) is 0. The number of esters is 1. The second kappa shape index (κ2) is 5.67. The Hall–Kier alpha value is -0.570. The first-order chi connectivity index (χ1) is 7.41. The van der Waals surface area contributed by atoms with Crippen LogP contribution in [0.25, 0.3) is 0 Å². The number of aliphatic hydroxyl groups is 1. The van der Waals surface area contributed by atoms with Gasteiger partial charge in [-0.1, -0.05) is 27.2 Å². The molecule has 1 N–H and O–H groups in total. The van der Waals surface area contributed by atoms with Crippen LogP contribution in [-0.4, -0.2) is 23.3 Å². The van der Waals surface area contributed by atoms with Gasteiger partial charge in [-0.3, -0.25) is 0 Å². The van der Waals surface area contributed by atoms with Gasteiger partial charge in [0, 0.05) is 0 Å². The smallest absolute Gasteiger partial charge is 0.334 e. The quantitative estimate of drug-likeness (QED) is 0.754. The first-order valence-corrected chi connectivity index (χ1v) is 6.30. The standard InChI is InChI=1S/C13H24O3/c1-8(2)11-6-5-9(3)7-12(11)16-13(15)10(4)14/h8-12,14H,5-7H2,1-4H3/t9-,10-,11?,12-/m0/s1. The molecule has 4 atom stereocenters. The van der Waals surface area contributed by atoms with E-state index < -0.39 is 12.1 Å². The zero-order valence-corrected chi connectivity index (χ0v) is 10.8. The third-order valence-electron chi connectivity index (χ3n) is 3.57. The number of hydrogen-bond acceptors (Lipinski definition) is 3. The number of carbonyl (C=O) groups excluding carboxylic acids is 1. The normalized spacial score (nSPS) is 32.5. The van der Waals surface area contributed by atoms with E-state index in [0.717, 1.165) is 12.8 Å². The highest BCUT2D eigenvalue weighted by Crippen LogP contribution is 2.35. The van der Waals surface area contributed by atoms with Gasteiger partial charge in [-0.2, -0.15) is 0 Å². The molecule has 0 aromatic carbocycles. The van der Waals surface area contributed by atoms with Crippen molar-refractivity contribution in [2.75, 3.05) is 0 Å². The fraction of sp³-hybridized carbons (Fsp3) is 0.923. The molecule has 1 fully saturated rings. The molecule has 1 rings (SSSR count). The highest BCUT2D eigenvalue weighted by Gasteiger charge is 2.33. The Morgan fingerprint density at radius 3 is 2.44 bits per heavy atom. The highest BCUT2D eigenvalue weighted by molar-refractivity contribution is 5.74. The van der Waals surface area contributed by atoms with Crippen LogP contribution in [0.3, 0.4) is 0 Å². The molecule has 1 aliphatic rings. The minimum Gasteiger partial charge on any atom is -0.460 e. The van der Waals surface area contributed by atoms with Crippen LogP contribution >= 0.6 is 0 Å². The van der Waals surface area contributed by atoms with Gasteiger partial charge in [0.2, 0.25) is 0 Å². The first-order valence-electron chi connectivity index (χ1n) is 6.30. The van der Waals surface area contributed by atoms with Crippen LogP contribution in [0.5, 0.6) is 0 Å². The molecule has 0 aromatic rings. The van der Waals surface area contributed by atoms with Gasteiger partial charge in [0.05, 0.1) is 0 Å². The van der Waals surface area contributed by atoms with Gasteiger partial charge in [0.1, 0.15) is 12.2 Å². The Bertz CT molecular complexity index is 235. The summed E-state index contributed by atoms with van der Waals surface area (Å²) in [5.41, 5.74) is 0. The molecule has 1 unspecified atom stereocenters. The van der Waals surface area contributed by atoms with Gasteiger partial charge >= 0.3 is 5.97 Å². The van der Waals surface area contributed by atoms with Crippen LogP contribution in [-0.2, 0) is 9.53 Å². The summed E-state index contributed by atoms with van der Waals surface area (Å²) >= 11 is 0. The lowest BCUT2D eigenvalue weighted by Gasteiger charge is -2.36. The Morgan fingerprint density at radius 1 is 1.31 bits per heavy atom. The Morgan fingerprint density at radius 2 is 1.94 bits per heavy atom. The molecule has 3 nitrogen and oxygen atoms in total. The molecule has 0 amide bonds. The molecule has 0 bridgehead atoms. The van der Waals surface area contributed by atoms with E-state index >= 15 is 0 Å². The molecule has 3 heteroatoms. The van der Waals surface area contributed by atoms with Gasteiger partial charge in [0.15, 0.2) is 0 Å². The third kappa shape index (κ3) is 3.48. The zero-order chi connectivity index (χ0) is 12.3. The zero-order valence-electron chi connectivity index (χ0n) is 10.8. The maximum Gasteiger partial charge on any atom is 0.334 e. The monoisotopic (exact) mass is 228 g/mol. The molecular weight excluding hydrogens is 204 g/mol. The van der Waals surface area contributed by atoms with Crippen molar-refractivity contribution in [1.82, 2.24) is 0 Å². The summed E-state index contributed by atoms with van der Waals surface area (Å²) < 4.78 is 5.41. The van der Waals surface area contributed by atoms with Crippen LogP contribution in [0.4, 0.5) is 0 Å². The van der Waals surface area contributed by atoms with Crippen molar-refractivity contribution in [2.24, 2.45) is 17.8 Å². The van der Waals surface area contributed by atoms with Crippen LogP contribution in [0.15, 0.2) is 0 Å². The second-order valence-corrected chi connectivity index (χ2v) is 5.48. The number of carbonyl (C=O) groups is 1.